The molecule has 39 heavy (non-hydrogen) atoms. The standard InChI is InChI=1S/C25H32N10O4/c1-14(36)12-27-22-20(16(3)29-24(30-22)28-13-15(2)37)31-32-23-19(11-26)21(25(4,5)6)33-34(23)17-7-9-18(10-8-17)35(38)39/h7-10,14-15,36-37H,12-13H2,1-6H3,(H2,27,28,29,30)/t14-,15-/m1/s1. The lowest BCUT2D eigenvalue weighted by atomic mass is 9.90. The Morgan fingerprint density at radius 1 is 1.10 bits per heavy atom. The highest BCUT2D eigenvalue weighted by molar-refractivity contribution is 5.65. The second-order valence-electron chi connectivity index (χ2n) is 10.1. The number of nitriles is 1. The zero-order chi connectivity index (χ0) is 28.9. The number of anilines is 2. The van der Waals surface area contributed by atoms with E-state index >= 15 is 0 Å². The third kappa shape index (κ3) is 7.09. The van der Waals surface area contributed by atoms with Crippen molar-refractivity contribution < 1.29 is 15.1 Å². The Bertz CT molecular complexity index is 1400. The summed E-state index contributed by atoms with van der Waals surface area (Å²) < 4.78 is 1.42. The first-order valence-corrected chi connectivity index (χ1v) is 12.2. The Hall–Kier alpha value is -4.48. The molecule has 0 saturated carbocycles. The molecule has 3 rings (SSSR count). The van der Waals surface area contributed by atoms with E-state index < -0.39 is 22.5 Å². The summed E-state index contributed by atoms with van der Waals surface area (Å²) in [6, 6.07) is 7.90. The van der Waals surface area contributed by atoms with Crippen molar-refractivity contribution >= 4 is 29.0 Å². The predicted molar refractivity (Wildman–Crippen MR) is 145 cm³/mol. The number of aromatic nitrogens is 4. The highest BCUT2D eigenvalue weighted by Gasteiger charge is 2.28. The van der Waals surface area contributed by atoms with E-state index in [2.05, 4.69) is 42.0 Å². The summed E-state index contributed by atoms with van der Waals surface area (Å²) in [4.78, 5) is 19.4. The minimum absolute atomic E-state index is 0.0865. The molecule has 2 atom stereocenters. The van der Waals surface area contributed by atoms with Crippen LogP contribution in [0.25, 0.3) is 5.69 Å². The first kappa shape index (κ1) is 29.1. The number of hydrogen-bond acceptors (Lipinski definition) is 12. The van der Waals surface area contributed by atoms with Gasteiger partial charge in [0.25, 0.3) is 5.69 Å². The van der Waals surface area contributed by atoms with E-state index in [-0.39, 0.29) is 47.6 Å². The van der Waals surface area contributed by atoms with Gasteiger partial charge in [0.15, 0.2) is 11.6 Å². The predicted octanol–water partition coefficient (Wildman–Crippen LogP) is 4.05. The molecule has 0 unspecified atom stereocenters. The van der Waals surface area contributed by atoms with Crippen LogP contribution in [0.5, 0.6) is 0 Å². The molecule has 0 amide bonds. The molecule has 0 fully saturated rings. The van der Waals surface area contributed by atoms with Crippen LogP contribution in [0.3, 0.4) is 0 Å². The van der Waals surface area contributed by atoms with Crippen molar-refractivity contribution in [2.45, 2.75) is 59.2 Å². The average Bonchev–Trinajstić information content (AvgIpc) is 3.24. The Kier molecular flexibility index (Phi) is 8.89. The normalized spacial score (nSPS) is 13.2. The summed E-state index contributed by atoms with van der Waals surface area (Å²) >= 11 is 0. The van der Waals surface area contributed by atoms with Gasteiger partial charge in [0.2, 0.25) is 5.95 Å². The number of azo groups is 1. The number of nitrogens with zero attached hydrogens (tertiary/aromatic N) is 8. The first-order valence-electron chi connectivity index (χ1n) is 12.2. The highest BCUT2D eigenvalue weighted by Crippen LogP contribution is 2.36. The average molecular weight is 537 g/mol. The smallest absolute Gasteiger partial charge is 0.269 e. The summed E-state index contributed by atoms with van der Waals surface area (Å²) in [6.07, 6.45) is -1.30. The number of aryl methyl sites for hydroxylation is 1. The molecule has 0 radical (unpaired) electrons. The zero-order valence-electron chi connectivity index (χ0n) is 22.7. The molecular weight excluding hydrogens is 504 g/mol. The fraction of sp³-hybridized carbons (Fsp3) is 0.440. The van der Waals surface area contributed by atoms with E-state index in [4.69, 9.17) is 0 Å². The molecule has 0 aliphatic heterocycles. The Balaban J connectivity index is 2.16. The van der Waals surface area contributed by atoms with Crippen molar-refractivity contribution in [2.75, 3.05) is 23.7 Å². The van der Waals surface area contributed by atoms with Gasteiger partial charge < -0.3 is 20.8 Å². The van der Waals surface area contributed by atoms with E-state index in [1.165, 1.54) is 28.9 Å². The van der Waals surface area contributed by atoms with Gasteiger partial charge in [0, 0.05) is 30.6 Å². The number of aliphatic hydroxyl groups excluding tert-OH is 2. The highest BCUT2D eigenvalue weighted by atomic mass is 16.6. The first-order chi connectivity index (χ1) is 18.3. The third-order valence-electron chi connectivity index (χ3n) is 5.41. The topological polar surface area (TPSA) is 200 Å². The van der Waals surface area contributed by atoms with Crippen LogP contribution in [0, 0.1) is 28.4 Å². The van der Waals surface area contributed by atoms with E-state index in [1.807, 2.05) is 20.8 Å². The van der Waals surface area contributed by atoms with E-state index in [0.29, 0.717) is 17.1 Å². The summed E-state index contributed by atoms with van der Waals surface area (Å²) in [5.74, 6) is 0.675. The van der Waals surface area contributed by atoms with Crippen LogP contribution >= 0.6 is 0 Å². The molecular formula is C25H32N10O4. The van der Waals surface area contributed by atoms with Crippen molar-refractivity contribution in [3.05, 3.63) is 51.3 Å². The fourth-order valence-electron chi connectivity index (χ4n) is 3.49. The molecule has 0 saturated heterocycles. The largest absolute Gasteiger partial charge is 0.392 e. The molecule has 1 aromatic carbocycles. The lowest BCUT2D eigenvalue weighted by molar-refractivity contribution is -0.384. The van der Waals surface area contributed by atoms with Crippen molar-refractivity contribution in [3.63, 3.8) is 0 Å². The third-order valence-corrected chi connectivity index (χ3v) is 5.41. The molecule has 0 aliphatic carbocycles. The maximum Gasteiger partial charge on any atom is 0.269 e. The van der Waals surface area contributed by atoms with Gasteiger partial charge in [-0.25, -0.2) is 9.67 Å². The van der Waals surface area contributed by atoms with Gasteiger partial charge >= 0.3 is 0 Å². The zero-order valence-corrected chi connectivity index (χ0v) is 22.7. The summed E-state index contributed by atoms with van der Waals surface area (Å²) in [7, 11) is 0. The monoisotopic (exact) mass is 536 g/mol. The van der Waals surface area contributed by atoms with E-state index in [0.717, 1.165) is 0 Å². The Labute approximate surface area is 225 Å². The molecule has 2 aromatic heterocycles. The Morgan fingerprint density at radius 3 is 2.26 bits per heavy atom. The van der Waals surface area contributed by atoms with Crippen LogP contribution in [0.4, 0.5) is 29.0 Å². The lowest BCUT2D eigenvalue weighted by Crippen LogP contribution is -2.19. The SMILES string of the molecule is Cc1nc(NC[C@@H](C)O)nc(NC[C@@H](C)O)c1N=Nc1c(C#N)c(C(C)(C)C)nn1-c1ccc([N+](=O)[O-])cc1. The minimum Gasteiger partial charge on any atom is -0.392 e. The number of nitrogens with one attached hydrogen (secondary N) is 2. The number of nitro benzene ring substituents is 1. The van der Waals surface area contributed by atoms with Crippen molar-refractivity contribution in [1.29, 1.82) is 5.26 Å². The maximum atomic E-state index is 11.1. The summed E-state index contributed by atoms with van der Waals surface area (Å²) in [5.41, 5.74) is 1.27. The lowest BCUT2D eigenvalue weighted by Gasteiger charge is -2.15. The molecule has 206 valence electrons. The number of hydrogen-bond donors (Lipinski definition) is 4. The van der Waals surface area contributed by atoms with Crippen LogP contribution in [-0.4, -0.2) is 60.2 Å². The second kappa shape index (κ2) is 11.9. The molecule has 3 aromatic rings. The fourth-order valence-corrected chi connectivity index (χ4v) is 3.49. The second-order valence-corrected chi connectivity index (χ2v) is 10.1. The van der Waals surface area contributed by atoms with Gasteiger partial charge in [0.05, 0.1) is 34.2 Å². The van der Waals surface area contributed by atoms with E-state index in [1.54, 1.807) is 20.8 Å². The number of nitro groups is 1. The summed E-state index contributed by atoms with van der Waals surface area (Å²) in [6.45, 7) is 11.1. The van der Waals surface area contributed by atoms with Gasteiger partial charge in [-0.05, 0) is 32.9 Å². The van der Waals surface area contributed by atoms with Crippen molar-refractivity contribution in [2.24, 2.45) is 10.2 Å². The maximum absolute atomic E-state index is 11.1. The quantitative estimate of drug-likeness (QED) is 0.166. The van der Waals surface area contributed by atoms with Gasteiger partial charge in [-0.2, -0.15) is 15.3 Å². The molecule has 2 heterocycles. The molecule has 0 bridgehead atoms. The number of rotatable bonds is 10. The van der Waals surface area contributed by atoms with Gasteiger partial charge in [-0.3, -0.25) is 10.1 Å². The minimum atomic E-state index is -0.679. The van der Waals surface area contributed by atoms with Crippen molar-refractivity contribution in [1.82, 2.24) is 19.7 Å². The molecule has 0 spiro atoms. The molecule has 4 N–H and O–H groups in total. The number of non-ortho nitro benzene ring substituents is 1. The molecule has 14 nitrogen and oxygen atoms in total. The molecule has 0 aliphatic rings. The number of aliphatic hydroxyl groups is 2. The van der Waals surface area contributed by atoms with Crippen LogP contribution < -0.4 is 10.6 Å². The summed E-state index contributed by atoms with van der Waals surface area (Å²) in [5, 5.41) is 59.9. The van der Waals surface area contributed by atoms with Gasteiger partial charge in [-0.1, -0.05) is 20.8 Å². The van der Waals surface area contributed by atoms with Crippen LogP contribution in [0.2, 0.25) is 0 Å². The van der Waals surface area contributed by atoms with Crippen molar-refractivity contribution in [3.8, 4) is 11.8 Å². The molecule has 14 heteroatoms. The Morgan fingerprint density at radius 2 is 1.72 bits per heavy atom. The van der Waals surface area contributed by atoms with Gasteiger partial charge in [0.1, 0.15) is 17.3 Å². The number of benzene rings is 1. The van der Waals surface area contributed by atoms with E-state index in [9.17, 15) is 25.6 Å². The van der Waals surface area contributed by atoms with Gasteiger partial charge in [-0.15, -0.1) is 10.2 Å². The van der Waals surface area contributed by atoms with Crippen LogP contribution in [0.1, 0.15) is 51.6 Å². The van der Waals surface area contributed by atoms with Crippen LogP contribution in [-0.2, 0) is 5.41 Å². The van der Waals surface area contributed by atoms with Crippen LogP contribution in [0.15, 0.2) is 34.5 Å².